The smallest absolute Gasteiger partial charge is 0.295 e. The molecule has 3 aromatic rings. The summed E-state index contributed by atoms with van der Waals surface area (Å²) in [7, 11) is 0. The maximum Gasteiger partial charge on any atom is 0.295 e. The summed E-state index contributed by atoms with van der Waals surface area (Å²) in [4.78, 5) is 36.2. The van der Waals surface area contributed by atoms with Crippen LogP contribution in [0.5, 0.6) is 0 Å². The van der Waals surface area contributed by atoms with Gasteiger partial charge in [0, 0.05) is 17.8 Å². The van der Waals surface area contributed by atoms with Crippen LogP contribution in [0, 0.1) is 0 Å². The van der Waals surface area contributed by atoms with E-state index >= 15 is 0 Å². The number of anilines is 1. The van der Waals surface area contributed by atoms with Gasteiger partial charge in [-0.15, -0.1) is 11.3 Å². The summed E-state index contributed by atoms with van der Waals surface area (Å²) in [6, 6.07) is 11.3. The molecule has 0 aliphatic rings. The lowest BCUT2D eigenvalue weighted by Gasteiger charge is -2.13. The fourth-order valence-electron chi connectivity index (χ4n) is 2.30. The van der Waals surface area contributed by atoms with Crippen LogP contribution in [-0.4, -0.2) is 26.8 Å². The van der Waals surface area contributed by atoms with Gasteiger partial charge in [0.2, 0.25) is 11.7 Å². The Morgan fingerprint density at radius 2 is 1.85 bits per heavy atom. The summed E-state index contributed by atoms with van der Waals surface area (Å²) < 4.78 is 0. The van der Waals surface area contributed by atoms with Gasteiger partial charge < -0.3 is 5.32 Å². The Morgan fingerprint density at radius 3 is 2.58 bits per heavy atom. The van der Waals surface area contributed by atoms with Crippen molar-refractivity contribution in [3.8, 4) is 0 Å². The summed E-state index contributed by atoms with van der Waals surface area (Å²) in [6.07, 6.45) is 3.13. The predicted octanol–water partition coefficient (Wildman–Crippen LogP) is 2.61. The average Bonchev–Trinajstić information content (AvgIpc) is 3.09. The Labute approximate surface area is 154 Å². The lowest BCUT2D eigenvalue weighted by molar-refractivity contribution is -0.121. The van der Waals surface area contributed by atoms with Gasteiger partial charge >= 0.3 is 0 Å². The molecule has 2 amide bonds. The van der Waals surface area contributed by atoms with Crippen LogP contribution in [0.2, 0.25) is 0 Å². The molecule has 0 aliphatic heterocycles. The van der Waals surface area contributed by atoms with Gasteiger partial charge in [-0.1, -0.05) is 30.3 Å². The van der Waals surface area contributed by atoms with Crippen LogP contribution >= 0.6 is 11.3 Å². The molecule has 0 aliphatic carbocycles. The van der Waals surface area contributed by atoms with Gasteiger partial charge in [0.05, 0.1) is 18.2 Å². The quantitative estimate of drug-likeness (QED) is 0.698. The highest BCUT2D eigenvalue weighted by Gasteiger charge is 2.14. The van der Waals surface area contributed by atoms with E-state index in [1.165, 1.54) is 23.7 Å². The van der Waals surface area contributed by atoms with Crippen LogP contribution in [0.3, 0.4) is 0 Å². The lowest BCUT2D eigenvalue weighted by atomic mass is 10.1. The van der Waals surface area contributed by atoms with E-state index in [4.69, 9.17) is 0 Å². The van der Waals surface area contributed by atoms with Crippen molar-refractivity contribution in [2.24, 2.45) is 0 Å². The number of nitrogens with one attached hydrogen (secondary N) is 2. The monoisotopic (exact) mass is 367 g/mol. The van der Waals surface area contributed by atoms with Crippen LogP contribution in [0.25, 0.3) is 0 Å². The Morgan fingerprint density at radius 1 is 1.12 bits per heavy atom. The molecule has 0 saturated carbocycles. The molecule has 0 bridgehead atoms. The Hall–Kier alpha value is -3.13. The molecule has 1 unspecified atom stereocenters. The number of rotatable bonds is 6. The molecule has 132 valence electrons. The molecular weight excluding hydrogens is 350 g/mol. The molecule has 2 aromatic heterocycles. The third-order valence-electron chi connectivity index (χ3n) is 3.56. The molecule has 7 nitrogen and oxygen atoms in total. The first-order valence-corrected chi connectivity index (χ1v) is 8.87. The number of thiazole rings is 1. The fourth-order valence-corrected chi connectivity index (χ4v) is 3.00. The highest BCUT2D eigenvalue weighted by Crippen LogP contribution is 2.17. The topological polar surface area (TPSA) is 96.9 Å². The number of hydrogen-bond donors (Lipinski definition) is 2. The zero-order valence-electron chi connectivity index (χ0n) is 14.0. The molecule has 3 rings (SSSR count). The second kappa shape index (κ2) is 8.30. The highest BCUT2D eigenvalue weighted by molar-refractivity contribution is 7.14. The minimum atomic E-state index is -0.436. The van der Waals surface area contributed by atoms with Crippen molar-refractivity contribution in [1.29, 1.82) is 0 Å². The van der Waals surface area contributed by atoms with E-state index in [9.17, 15) is 9.59 Å². The zero-order chi connectivity index (χ0) is 18.4. The molecule has 0 fully saturated rings. The van der Waals surface area contributed by atoms with Crippen molar-refractivity contribution in [3.05, 3.63) is 71.3 Å². The molecular formula is C18H17N5O2S. The summed E-state index contributed by atoms with van der Waals surface area (Å²) in [5.41, 5.74) is 1.63. The van der Waals surface area contributed by atoms with Gasteiger partial charge in [-0.25, -0.2) is 15.0 Å². The maximum absolute atomic E-state index is 12.2. The van der Waals surface area contributed by atoms with E-state index in [1.807, 2.05) is 37.3 Å². The van der Waals surface area contributed by atoms with Gasteiger partial charge in [-0.3, -0.25) is 14.9 Å². The molecule has 0 radical (unpaired) electrons. The third-order valence-corrected chi connectivity index (χ3v) is 4.37. The van der Waals surface area contributed by atoms with E-state index in [-0.39, 0.29) is 24.2 Å². The van der Waals surface area contributed by atoms with E-state index in [0.29, 0.717) is 10.8 Å². The van der Waals surface area contributed by atoms with E-state index in [1.54, 1.807) is 11.4 Å². The van der Waals surface area contributed by atoms with Gasteiger partial charge in [0.15, 0.2) is 5.13 Å². The molecule has 2 N–H and O–H groups in total. The second-order valence-electron chi connectivity index (χ2n) is 5.55. The number of carbonyl (C=O) groups excluding carboxylic acids is 2. The Balaban J connectivity index is 1.55. The Kier molecular flexibility index (Phi) is 5.65. The normalized spacial score (nSPS) is 11.6. The van der Waals surface area contributed by atoms with Gasteiger partial charge in [0.1, 0.15) is 0 Å². The zero-order valence-corrected chi connectivity index (χ0v) is 14.9. The van der Waals surface area contributed by atoms with Gasteiger partial charge in [-0.2, -0.15) is 0 Å². The summed E-state index contributed by atoms with van der Waals surface area (Å²) in [5, 5.41) is 7.72. The lowest BCUT2D eigenvalue weighted by Crippen LogP contribution is -2.28. The standard InChI is InChI=1S/C18H17N5O2S/c1-12(13-6-3-2-4-7-13)21-15(24)10-14-11-26-18(22-14)23-17(25)16-19-8-5-9-20-16/h2-9,11-12H,10H2,1H3,(H,21,24)(H,22,23,25). The van der Waals surface area contributed by atoms with Crippen LogP contribution in [0.1, 0.15) is 34.8 Å². The predicted molar refractivity (Wildman–Crippen MR) is 98.8 cm³/mol. The van der Waals surface area contributed by atoms with Crippen molar-refractivity contribution in [3.63, 3.8) is 0 Å². The van der Waals surface area contributed by atoms with Crippen molar-refractivity contribution >= 4 is 28.3 Å². The molecule has 26 heavy (non-hydrogen) atoms. The Bertz CT molecular complexity index is 883. The van der Waals surface area contributed by atoms with Gasteiger partial charge in [0.25, 0.3) is 5.91 Å². The van der Waals surface area contributed by atoms with Crippen LogP contribution in [0.15, 0.2) is 54.2 Å². The minimum Gasteiger partial charge on any atom is -0.349 e. The number of carbonyl (C=O) groups is 2. The SMILES string of the molecule is CC(NC(=O)Cc1csc(NC(=O)c2ncccn2)n1)c1ccccc1. The molecule has 0 saturated heterocycles. The molecule has 1 atom stereocenters. The van der Waals surface area contributed by atoms with Crippen molar-refractivity contribution < 1.29 is 9.59 Å². The molecule has 2 heterocycles. The first kappa shape index (κ1) is 17.7. The van der Waals surface area contributed by atoms with Crippen molar-refractivity contribution in [2.75, 3.05) is 5.32 Å². The molecule has 0 spiro atoms. The van der Waals surface area contributed by atoms with Crippen molar-refractivity contribution in [2.45, 2.75) is 19.4 Å². The van der Waals surface area contributed by atoms with E-state index in [0.717, 1.165) is 5.56 Å². The highest BCUT2D eigenvalue weighted by atomic mass is 32.1. The minimum absolute atomic E-state index is 0.0682. The number of aromatic nitrogens is 3. The fraction of sp³-hybridized carbons (Fsp3) is 0.167. The second-order valence-corrected chi connectivity index (χ2v) is 6.41. The van der Waals surface area contributed by atoms with Crippen molar-refractivity contribution in [1.82, 2.24) is 20.3 Å². The summed E-state index contributed by atoms with van der Waals surface area (Å²) in [6.45, 7) is 1.93. The number of benzene rings is 1. The summed E-state index contributed by atoms with van der Waals surface area (Å²) >= 11 is 1.25. The summed E-state index contributed by atoms with van der Waals surface area (Å²) in [5.74, 6) is -0.497. The third kappa shape index (κ3) is 4.70. The first-order valence-electron chi connectivity index (χ1n) is 7.99. The molecule has 8 heteroatoms. The van der Waals surface area contributed by atoms with Crippen LogP contribution in [-0.2, 0) is 11.2 Å². The average molecular weight is 367 g/mol. The van der Waals surface area contributed by atoms with E-state index < -0.39 is 5.91 Å². The maximum atomic E-state index is 12.2. The number of amides is 2. The first-order chi connectivity index (χ1) is 12.6. The van der Waals surface area contributed by atoms with Gasteiger partial charge in [-0.05, 0) is 18.6 Å². The van der Waals surface area contributed by atoms with E-state index in [2.05, 4.69) is 25.6 Å². The largest absolute Gasteiger partial charge is 0.349 e. The number of hydrogen-bond acceptors (Lipinski definition) is 6. The number of nitrogens with zero attached hydrogens (tertiary/aromatic N) is 3. The van der Waals surface area contributed by atoms with Crippen LogP contribution in [0.4, 0.5) is 5.13 Å². The van der Waals surface area contributed by atoms with Crippen LogP contribution < -0.4 is 10.6 Å². The molecule has 1 aromatic carbocycles.